The van der Waals surface area contributed by atoms with Crippen molar-refractivity contribution >= 4 is 0 Å². The third-order valence-corrected chi connectivity index (χ3v) is 1.83. The van der Waals surface area contributed by atoms with Gasteiger partial charge in [0.1, 0.15) is 0 Å². The smallest absolute Gasteiger partial charge is 0.0628 e. The van der Waals surface area contributed by atoms with Crippen LogP contribution >= 0.6 is 0 Å². The summed E-state index contributed by atoms with van der Waals surface area (Å²) in [7, 11) is 1.88. The molecule has 4 heteroatoms. The van der Waals surface area contributed by atoms with E-state index in [4.69, 9.17) is 10.8 Å². The van der Waals surface area contributed by atoms with Gasteiger partial charge in [-0.05, 0) is 18.9 Å². The monoisotopic (exact) mass is 169 g/mol. The largest absolute Gasteiger partial charge is 0.396 e. The van der Waals surface area contributed by atoms with E-state index in [1.165, 1.54) is 0 Å². The SMILES string of the molecule is Cn1nc(CCCO)cc1CN. The lowest BCUT2D eigenvalue weighted by Crippen LogP contribution is -2.03. The zero-order chi connectivity index (χ0) is 8.97. The fraction of sp³-hybridized carbons (Fsp3) is 0.625. The maximum Gasteiger partial charge on any atom is 0.0628 e. The zero-order valence-corrected chi connectivity index (χ0v) is 7.32. The highest BCUT2D eigenvalue weighted by atomic mass is 16.2. The summed E-state index contributed by atoms with van der Waals surface area (Å²) < 4.78 is 1.78. The normalized spacial score (nSPS) is 10.6. The van der Waals surface area contributed by atoms with Crippen molar-refractivity contribution in [3.63, 3.8) is 0 Å². The van der Waals surface area contributed by atoms with E-state index in [0.717, 1.165) is 24.2 Å². The molecular formula is C8H15N3O. The lowest BCUT2D eigenvalue weighted by molar-refractivity contribution is 0.288. The topological polar surface area (TPSA) is 64.1 Å². The van der Waals surface area contributed by atoms with Gasteiger partial charge >= 0.3 is 0 Å². The Morgan fingerprint density at radius 1 is 1.67 bits per heavy atom. The quantitative estimate of drug-likeness (QED) is 0.656. The van der Waals surface area contributed by atoms with E-state index in [-0.39, 0.29) is 6.61 Å². The molecule has 68 valence electrons. The van der Waals surface area contributed by atoms with Gasteiger partial charge in [0.05, 0.1) is 11.4 Å². The Hall–Kier alpha value is -0.870. The van der Waals surface area contributed by atoms with Gasteiger partial charge in [-0.15, -0.1) is 0 Å². The molecule has 0 amide bonds. The number of aliphatic hydroxyl groups excluding tert-OH is 1. The van der Waals surface area contributed by atoms with Crippen LogP contribution in [0.3, 0.4) is 0 Å². The van der Waals surface area contributed by atoms with Crippen molar-refractivity contribution in [3.8, 4) is 0 Å². The Bertz CT molecular complexity index is 244. The maximum absolute atomic E-state index is 8.60. The Balaban J connectivity index is 2.62. The minimum atomic E-state index is 0.217. The number of hydrogen-bond donors (Lipinski definition) is 2. The summed E-state index contributed by atoms with van der Waals surface area (Å²) in [5.74, 6) is 0. The number of hydrogen-bond acceptors (Lipinski definition) is 3. The van der Waals surface area contributed by atoms with Crippen LogP contribution in [0.1, 0.15) is 17.8 Å². The summed E-state index contributed by atoms with van der Waals surface area (Å²) in [6.07, 6.45) is 1.59. The number of nitrogens with zero attached hydrogens (tertiary/aromatic N) is 2. The molecule has 0 aliphatic heterocycles. The van der Waals surface area contributed by atoms with Gasteiger partial charge in [0.15, 0.2) is 0 Å². The molecule has 0 aliphatic rings. The first-order valence-corrected chi connectivity index (χ1v) is 4.10. The highest BCUT2D eigenvalue weighted by molar-refractivity contribution is 5.09. The van der Waals surface area contributed by atoms with Crippen LogP contribution in [0.4, 0.5) is 0 Å². The first-order chi connectivity index (χ1) is 5.77. The Kier molecular flexibility index (Phi) is 3.25. The van der Waals surface area contributed by atoms with Gasteiger partial charge < -0.3 is 10.8 Å². The Morgan fingerprint density at radius 3 is 2.92 bits per heavy atom. The highest BCUT2D eigenvalue weighted by Crippen LogP contribution is 2.04. The zero-order valence-electron chi connectivity index (χ0n) is 7.32. The summed E-state index contributed by atoms with van der Waals surface area (Å²) in [6, 6.07) is 1.98. The molecule has 0 saturated carbocycles. The molecule has 0 fully saturated rings. The summed E-state index contributed by atoms with van der Waals surface area (Å²) in [6.45, 7) is 0.733. The summed E-state index contributed by atoms with van der Waals surface area (Å²) in [4.78, 5) is 0. The van der Waals surface area contributed by atoms with E-state index in [9.17, 15) is 0 Å². The predicted octanol–water partition coefficient (Wildman–Crippen LogP) is -0.196. The second-order valence-corrected chi connectivity index (χ2v) is 2.78. The van der Waals surface area contributed by atoms with Crippen LogP contribution in [0.5, 0.6) is 0 Å². The molecule has 0 spiro atoms. The van der Waals surface area contributed by atoms with Gasteiger partial charge in [0, 0.05) is 20.2 Å². The summed E-state index contributed by atoms with van der Waals surface area (Å²) in [5.41, 5.74) is 7.52. The molecule has 0 atom stereocenters. The van der Waals surface area contributed by atoms with E-state index in [1.807, 2.05) is 13.1 Å². The van der Waals surface area contributed by atoms with Crippen LogP contribution in [0.15, 0.2) is 6.07 Å². The number of aliphatic hydroxyl groups is 1. The molecular weight excluding hydrogens is 154 g/mol. The fourth-order valence-electron chi connectivity index (χ4n) is 1.14. The predicted molar refractivity (Wildman–Crippen MR) is 46.5 cm³/mol. The van der Waals surface area contributed by atoms with Gasteiger partial charge in [-0.1, -0.05) is 0 Å². The number of rotatable bonds is 4. The molecule has 0 aromatic carbocycles. The molecule has 1 heterocycles. The molecule has 12 heavy (non-hydrogen) atoms. The standard InChI is InChI=1S/C8H15N3O/c1-11-8(6-9)5-7(10-11)3-2-4-12/h5,12H,2-4,6,9H2,1H3. The van der Waals surface area contributed by atoms with Crippen LogP contribution in [0.2, 0.25) is 0 Å². The van der Waals surface area contributed by atoms with Gasteiger partial charge in [-0.2, -0.15) is 5.10 Å². The number of aromatic nitrogens is 2. The molecule has 0 saturated heterocycles. The van der Waals surface area contributed by atoms with Crippen molar-refractivity contribution in [2.45, 2.75) is 19.4 Å². The summed E-state index contributed by atoms with van der Waals surface area (Å²) >= 11 is 0. The lowest BCUT2D eigenvalue weighted by Gasteiger charge is -1.93. The van der Waals surface area contributed by atoms with Crippen LogP contribution in [-0.2, 0) is 20.0 Å². The van der Waals surface area contributed by atoms with Crippen LogP contribution in [0, 0.1) is 0 Å². The van der Waals surface area contributed by atoms with Crippen molar-refractivity contribution in [2.24, 2.45) is 12.8 Å². The molecule has 1 rings (SSSR count). The second kappa shape index (κ2) is 4.23. The molecule has 0 aliphatic carbocycles. The van der Waals surface area contributed by atoms with Crippen LogP contribution < -0.4 is 5.73 Å². The van der Waals surface area contributed by atoms with Crippen molar-refractivity contribution in [2.75, 3.05) is 6.61 Å². The molecule has 1 aromatic rings. The number of aryl methyl sites for hydroxylation is 2. The molecule has 3 N–H and O–H groups in total. The van der Waals surface area contributed by atoms with E-state index < -0.39 is 0 Å². The minimum absolute atomic E-state index is 0.217. The maximum atomic E-state index is 8.60. The van der Waals surface area contributed by atoms with E-state index >= 15 is 0 Å². The third-order valence-electron chi connectivity index (χ3n) is 1.83. The molecule has 0 radical (unpaired) electrons. The average molecular weight is 169 g/mol. The van der Waals surface area contributed by atoms with E-state index in [0.29, 0.717) is 6.54 Å². The first-order valence-electron chi connectivity index (χ1n) is 4.10. The fourth-order valence-corrected chi connectivity index (χ4v) is 1.14. The van der Waals surface area contributed by atoms with Crippen molar-refractivity contribution < 1.29 is 5.11 Å². The Labute approximate surface area is 72.0 Å². The molecule has 0 unspecified atom stereocenters. The van der Waals surface area contributed by atoms with E-state index in [2.05, 4.69) is 5.10 Å². The highest BCUT2D eigenvalue weighted by Gasteiger charge is 2.01. The van der Waals surface area contributed by atoms with Gasteiger partial charge in [0.25, 0.3) is 0 Å². The van der Waals surface area contributed by atoms with Crippen molar-refractivity contribution in [3.05, 3.63) is 17.5 Å². The van der Waals surface area contributed by atoms with Crippen molar-refractivity contribution in [1.82, 2.24) is 9.78 Å². The molecule has 0 bridgehead atoms. The van der Waals surface area contributed by atoms with Crippen molar-refractivity contribution in [1.29, 1.82) is 0 Å². The van der Waals surface area contributed by atoms with Gasteiger partial charge in [0.2, 0.25) is 0 Å². The van der Waals surface area contributed by atoms with Crippen LogP contribution in [0.25, 0.3) is 0 Å². The van der Waals surface area contributed by atoms with Crippen LogP contribution in [-0.4, -0.2) is 21.5 Å². The average Bonchev–Trinajstić information content (AvgIpc) is 2.43. The summed E-state index contributed by atoms with van der Waals surface area (Å²) in [5, 5.41) is 12.8. The third kappa shape index (κ3) is 2.06. The Morgan fingerprint density at radius 2 is 2.42 bits per heavy atom. The van der Waals surface area contributed by atoms with E-state index in [1.54, 1.807) is 4.68 Å². The van der Waals surface area contributed by atoms with Gasteiger partial charge in [-0.25, -0.2) is 0 Å². The first kappa shape index (κ1) is 9.22. The number of nitrogens with two attached hydrogens (primary N) is 1. The van der Waals surface area contributed by atoms with Gasteiger partial charge in [-0.3, -0.25) is 4.68 Å². The molecule has 4 nitrogen and oxygen atoms in total. The molecule has 1 aromatic heterocycles. The second-order valence-electron chi connectivity index (χ2n) is 2.78. The minimum Gasteiger partial charge on any atom is -0.396 e. The lowest BCUT2D eigenvalue weighted by atomic mass is 10.2.